The molecule has 1 aromatic carbocycles. The third-order valence-electron chi connectivity index (χ3n) is 2.45. The van der Waals surface area contributed by atoms with Crippen molar-refractivity contribution in [3.8, 4) is 5.69 Å². The van der Waals surface area contributed by atoms with E-state index in [0.29, 0.717) is 17.1 Å². The minimum absolute atomic E-state index is 0.0582. The number of carbonyl (C=O) groups excluding carboxylic acids is 1. The zero-order valence-electron chi connectivity index (χ0n) is 9.27. The van der Waals surface area contributed by atoms with Crippen molar-refractivity contribution < 1.29 is 4.79 Å². The maximum absolute atomic E-state index is 11.4. The number of para-hydroxylation sites is 1. The average molecular weight is 215 g/mol. The van der Waals surface area contributed by atoms with E-state index < -0.39 is 0 Å². The van der Waals surface area contributed by atoms with Crippen molar-refractivity contribution in [3.63, 3.8) is 0 Å². The van der Waals surface area contributed by atoms with Gasteiger partial charge in [0.15, 0.2) is 5.78 Å². The number of nitrogens with two attached hydrogens (primary N) is 1. The van der Waals surface area contributed by atoms with E-state index in [1.54, 1.807) is 11.6 Å². The second-order valence-electron chi connectivity index (χ2n) is 3.65. The zero-order valence-corrected chi connectivity index (χ0v) is 9.27. The Morgan fingerprint density at radius 3 is 2.44 bits per heavy atom. The Labute approximate surface area is 93.7 Å². The Bertz CT molecular complexity index is 529. The SMILES string of the molecule is CC(=O)c1c(C)nn(-c2ccccc2)c1N. The lowest BCUT2D eigenvalue weighted by molar-refractivity contribution is 0.101. The van der Waals surface area contributed by atoms with Crippen LogP contribution in [0.2, 0.25) is 0 Å². The number of hydrogen-bond acceptors (Lipinski definition) is 3. The molecule has 2 rings (SSSR count). The van der Waals surface area contributed by atoms with Crippen molar-refractivity contribution in [2.24, 2.45) is 0 Å². The van der Waals surface area contributed by atoms with E-state index in [1.807, 2.05) is 30.3 Å². The maximum atomic E-state index is 11.4. The van der Waals surface area contributed by atoms with E-state index in [9.17, 15) is 4.79 Å². The van der Waals surface area contributed by atoms with Gasteiger partial charge >= 0.3 is 0 Å². The molecule has 0 atom stereocenters. The van der Waals surface area contributed by atoms with Gasteiger partial charge in [0.05, 0.1) is 16.9 Å². The highest BCUT2D eigenvalue weighted by atomic mass is 16.1. The third-order valence-corrected chi connectivity index (χ3v) is 2.45. The normalized spacial score (nSPS) is 10.4. The number of rotatable bonds is 2. The van der Waals surface area contributed by atoms with Crippen molar-refractivity contribution in [3.05, 3.63) is 41.6 Å². The van der Waals surface area contributed by atoms with Gasteiger partial charge in [-0.3, -0.25) is 4.79 Å². The summed E-state index contributed by atoms with van der Waals surface area (Å²) in [5.74, 6) is 0.341. The van der Waals surface area contributed by atoms with Crippen molar-refractivity contribution in [1.82, 2.24) is 9.78 Å². The Hall–Kier alpha value is -2.10. The van der Waals surface area contributed by atoms with E-state index in [4.69, 9.17) is 5.73 Å². The Morgan fingerprint density at radius 2 is 1.94 bits per heavy atom. The second kappa shape index (κ2) is 3.81. The number of carbonyl (C=O) groups is 1. The molecule has 0 bridgehead atoms. The summed E-state index contributed by atoms with van der Waals surface area (Å²) >= 11 is 0. The number of ketones is 1. The molecule has 0 aliphatic rings. The maximum Gasteiger partial charge on any atom is 0.165 e. The molecule has 1 heterocycles. The van der Waals surface area contributed by atoms with Crippen LogP contribution in [-0.2, 0) is 0 Å². The van der Waals surface area contributed by atoms with Crippen LogP contribution in [0.3, 0.4) is 0 Å². The summed E-state index contributed by atoms with van der Waals surface area (Å²) in [4.78, 5) is 11.4. The summed E-state index contributed by atoms with van der Waals surface area (Å²) in [6.45, 7) is 3.28. The van der Waals surface area contributed by atoms with Crippen LogP contribution < -0.4 is 5.73 Å². The van der Waals surface area contributed by atoms with Gasteiger partial charge in [-0.15, -0.1) is 0 Å². The molecular formula is C12H13N3O. The van der Waals surface area contributed by atoms with Crippen LogP contribution in [0.5, 0.6) is 0 Å². The first-order valence-corrected chi connectivity index (χ1v) is 5.02. The van der Waals surface area contributed by atoms with Gasteiger partial charge in [0.1, 0.15) is 5.82 Å². The summed E-state index contributed by atoms with van der Waals surface area (Å²) in [7, 11) is 0. The van der Waals surface area contributed by atoms with E-state index in [1.165, 1.54) is 6.92 Å². The molecule has 0 amide bonds. The van der Waals surface area contributed by atoms with Gasteiger partial charge in [0.2, 0.25) is 0 Å². The number of anilines is 1. The van der Waals surface area contributed by atoms with Crippen LogP contribution in [0.1, 0.15) is 23.0 Å². The third kappa shape index (κ3) is 1.58. The van der Waals surface area contributed by atoms with Crippen molar-refractivity contribution in [2.45, 2.75) is 13.8 Å². The van der Waals surface area contributed by atoms with Gasteiger partial charge in [-0.25, -0.2) is 4.68 Å². The number of nitrogen functional groups attached to an aromatic ring is 1. The van der Waals surface area contributed by atoms with Crippen LogP contribution >= 0.6 is 0 Å². The second-order valence-corrected chi connectivity index (χ2v) is 3.65. The van der Waals surface area contributed by atoms with Gasteiger partial charge in [-0.1, -0.05) is 18.2 Å². The molecule has 0 spiro atoms. The molecule has 0 saturated heterocycles. The quantitative estimate of drug-likeness (QED) is 0.779. The van der Waals surface area contributed by atoms with Gasteiger partial charge in [-0.2, -0.15) is 5.10 Å². The monoisotopic (exact) mass is 215 g/mol. The first kappa shape index (κ1) is 10.4. The van der Waals surface area contributed by atoms with Crippen LogP contribution in [-0.4, -0.2) is 15.6 Å². The van der Waals surface area contributed by atoms with Crippen LogP contribution in [0.4, 0.5) is 5.82 Å². The minimum Gasteiger partial charge on any atom is -0.383 e. The lowest BCUT2D eigenvalue weighted by Gasteiger charge is -2.03. The molecular weight excluding hydrogens is 202 g/mol. The predicted molar refractivity (Wildman–Crippen MR) is 62.7 cm³/mol. The number of benzene rings is 1. The van der Waals surface area contributed by atoms with E-state index in [0.717, 1.165) is 5.69 Å². The molecule has 1 aromatic heterocycles. The van der Waals surface area contributed by atoms with Gasteiger partial charge in [0.25, 0.3) is 0 Å². The summed E-state index contributed by atoms with van der Waals surface area (Å²) in [6.07, 6.45) is 0. The molecule has 2 aromatic rings. The van der Waals surface area contributed by atoms with Crippen LogP contribution in [0.25, 0.3) is 5.69 Å². The molecule has 16 heavy (non-hydrogen) atoms. The van der Waals surface area contributed by atoms with Crippen molar-refractivity contribution in [1.29, 1.82) is 0 Å². The largest absolute Gasteiger partial charge is 0.383 e. The highest BCUT2D eigenvalue weighted by Crippen LogP contribution is 2.20. The van der Waals surface area contributed by atoms with Gasteiger partial charge in [-0.05, 0) is 26.0 Å². The van der Waals surface area contributed by atoms with E-state index in [-0.39, 0.29) is 5.78 Å². The van der Waals surface area contributed by atoms with Gasteiger partial charge < -0.3 is 5.73 Å². The standard InChI is InChI=1S/C12H13N3O/c1-8-11(9(2)16)12(13)15(14-8)10-6-4-3-5-7-10/h3-7H,13H2,1-2H3. The van der Waals surface area contributed by atoms with Crippen LogP contribution in [0.15, 0.2) is 30.3 Å². The number of nitrogens with zero attached hydrogens (tertiary/aromatic N) is 2. The molecule has 4 heteroatoms. The average Bonchev–Trinajstić information content (AvgIpc) is 2.55. The highest BCUT2D eigenvalue weighted by molar-refractivity contribution is 5.99. The first-order chi connectivity index (χ1) is 7.61. The van der Waals surface area contributed by atoms with Crippen LogP contribution in [0, 0.1) is 6.92 Å². The lowest BCUT2D eigenvalue weighted by atomic mass is 10.2. The van der Waals surface area contributed by atoms with Crippen molar-refractivity contribution in [2.75, 3.05) is 5.73 Å². The molecule has 0 saturated carbocycles. The summed E-state index contributed by atoms with van der Waals surface area (Å²) in [5, 5.41) is 4.27. The molecule has 0 fully saturated rings. The minimum atomic E-state index is -0.0582. The number of aryl methyl sites for hydroxylation is 1. The first-order valence-electron chi connectivity index (χ1n) is 5.02. The fraction of sp³-hybridized carbons (Fsp3) is 0.167. The Morgan fingerprint density at radius 1 is 1.31 bits per heavy atom. The molecule has 0 aliphatic carbocycles. The lowest BCUT2D eigenvalue weighted by Crippen LogP contribution is -2.04. The fourth-order valence-electron chi connectivity index (χ4n) is 1.75. The number of hydrogen-bond donors (Lipinski definition) is 1. The Kier molecular flexibility index (Phi) is 2.48. The molecule has 0 unspecified atom stereocenters. The molecule has 0 radical (unpaired) electrons. The number of Topliss-reactive ketones (excluding diaryl/α,β-unsaturated/α-hetero) is 1. The van der Waals surface area contributed by atoms with Gasteiger partial charge in [0, 0.05) is 0 Å². The van der Waals surface area contributed by atoms with E-state index >= 15 is 0 Å². The summed E-state index contributed by atoms with van der Waals surface area (Å²) < 4.78 is 1.59. The highest BCUT2D eigenvalue weighted by Gasteiger charge is 2.16. The number of aromatic nitrogens is 2. The Balaban J connectivity index is 2.61. The van der Waals surface area contributed by atoms with E-state index in [2.05, 4.69) is 5.10 Å². The fourth-order valence-corrected chi connectivity index (χ4v) is 1.75. The predicted octanol–water partition coefficient (Wildman–Crippen LogP) is 1.97. The molecule has 2 N–H and O–H groups in total. The van der Waals surface area contributed by atoms with Crippen molar-refractivity contribution >= 4 is 11.6 Å². The zero-order chi connectivity index (χ0) is 11.7. The summed E-state index contributed by atoms with van der Waals surface area (Å²) in [5.41, 5.74) is 7.94. The molecule has 0 aliphatic heterocycles. The smallest absolute Gasteiger partial charge is 0.165 e. The topological polar surface area (TPSA) is 60.9 Å². The molecule has 4 nitrogen and oxygen atoms in total. The summed E-state index contributed by atoms with van der Waals surface area (Å²) in [6, 6.07) is 9.51. The molecule has 82 valence electrons.